The van der Waals surface area contributed by atoms with Crippen LogP contribution in [0.2, 0.25) is 0 Å². The van der Waals surface area contributed by atoms with Crippen molar-refractivity contribution in [2.24, 2.45) is 11.8 Å². The van der Waals surface area contributed by atoms with E-state index in [1.165, 1.54) is 0 Å². The van der Waals surface area contributed by atoms with E-state index in [9.17, 15) is 0 Å². The lowest BCUT2D eigenvalue weighted by Crippen LogP contribution is -2.40. The van der Waals surface area contributed by atoms with Gasteiger partial charge < -0.3 is 14.2 Å². The highest BCUT2D eigenvalue weighted by Gasteiger charge is 2.33. The van der Waals surface area contributed by atoms with Gasteiger partial charge in [0.05, 0.1) is 11.8 Å². The van der Waals surface area contributed by atoms with Gasteiger partial charge in [0.25, 0.3) is 0 Å². The number of rotatable bonds is 2. The molecule has 0 amide bonds. The van der Waals surface area contributed by atoms with Crippen molar-refractivity contribution in [1.82, 2.24) is 0 Å². The van der Waals surface area contributed by atoms with Crippen molar-refractivity contribution < 1.29 is 14.2 Å². The van der Waals surface area contributed by atoms with Crippen LogP contribution in [-0.4, -0.2) is 25.8 Å². The van der Waals surface area contributed by atoms with E-state index < -0.39 is 0 Å². The van der Waals surface area contributed by atoms with Gasteiger partial charge in [0.1, 0.15) is 0 Å². The Morgan fingerprint density at radius 3 is 1.74 bits per heavy atom. The summed E-state index contributed by atoms with van der Waals surface area (Å²) >= 11 is 0. The van der Waals surface area contributed by atoms with E-state index in [-0.39, 0.29) is 24.4 Å². The van der Waals surface area contributed by atoms with Crippen molar-refractivity contribution in [3.8, 4) is 23.7 Å². The van der Waals surface area contributed by atoms with Gasteiger partial charge in [0, 0.05) is 13.2 Å². The second kappa shape index (κ2) is 7.56. The van der Waals surface area contributed by atoms with Crippen LogP contribution in [0.4, 0.5) is 0 Å². The molecular weight excluding hydrogens is 240 g/mol. The number of ether oxygens (including phenoxy) is 3. The van der Waals surface area contributed by atoms with E-state index >= 15 is 0 Å². The molecule has 0 aromatic heterocycles. The van der Waals surface area contributed by atoms with Crippen LogP contribution in [0.3, 0.4) is 0 Å². The molecule has 0 aromatic rings. The van der Waals surface area contributed by atoms with E-state index in [0.717, 1.165) is 38.9 Å². The molecule has 104 valence electrons. The van der Waals surface area contributed by atoms with Crippen LogP contribution >= 0.6 is 0 Å². The SMILES string of the molecule is CC#CC1CCCOC1OC1OCCCC1C#CC. The maximum atomic E-state index is 6.01. The van der Waals surface area contributed by atoms with Crippen LogP contribution in [0.5, 0.6) is 0 Å². The summed E-state index contributed by atoms with van der Waals surface area (Å²) < 4.78 is 17.5. The molecule has 0 bridgehead atoms. The Hall–Kier alpha value is -1.00. The molecule has 3 heteroatoms. The predicted molar refractivity (Wildman–Crippen MR) is 72.9 cm³/mol. The van der Waals surface area contributed by atoms with Crippen LogP contribution < -0.4 is 0 Å². The van der Waals surface area contributed by atoms with E-state index in [1.807, 2.05) is 13.8 Å². The lowest BCUT2D eigenvalue weighted by molar-refractivity contribution is -0.284. The minimum absolute atomic E-state index is 0.152. The smallest absolute Gasteiger partial charge is 0.174 e. The molecule has 2 aliphatic rings. The molecule has 4 unspecified atom stereocenters. The van der Waals surface area contributed by atoms with Crippen LogP contribution in [0.25, 0.3) is 0 Å². The van der Waals surface area contributed by atoms with E-state index in [0.29, 0.717) is 0 Å². The fraction of sp³-hybridized carbons (Fsp3) is 0.750. The molecule has 0 N–H and O–H groups in total. The Morgan fingerprint density at radius 2 is 1.32 bits per heavy atom. The van der Waals surface area contributed by atoms with Crippen molar-refractivity contribution in [3.05, 3.63) is 0 Å². The van der Waals surface area contributed by atoms with Gasteiger partial charge in [-0.15, -0.1) is 11.8 Å². The maximum absolute atomic E-state index is 6.01. The highest BCUT2D eigenvalue weighted by molar-refractivity contribution is 5.05. The van der Waals surface area contributed by atoms with Crippen molar-refractivity contribution in [2.45, 2.75) is 52.1 Å². The topological polar surface area (TPSA) is 27.7 Å². The zero-order chi connectivity index (χ0) is 13.5. The quantitative estimate of drug-likeness (QED) is 0.716. The normalized spacial score (nSPS) is 34.6. The summed E-state index contributed by atoms with van der Waals surface area (Å²) in [6, 6.07) is 0. The Kier molecular flexibility index (Phi) is 5.73. The first kappa shape index (κ1) is 14.4. The zero-order valence-corrected chi connectivity index (χ0v) is 11.8. The average Bonchev–Trinajstić information content (AvgIpc) is 2.44. The average molecular weight is 262 g/mol. The molecule has 3 nitrogen and oxygen atoms in total. The Labute approximate surface area is 116 Å². The molecular formula is C16H22O3. The minimum Gasteiger partial charge on any atom is -0.351 e. The first-order valence-corrected chi connectivity index (χ1v) is 7.08. The Morgan fingerprint density at radius 1 is 0.842 bits per heavy atom. The highest BCUT2D eigenvalue weighted by Crippen LogP contribution is 2.28. The van der Waals surface area contributed by atoms with Gasteiger partial charge in [-0.1, -0.05) is 11.8 Å². The predicted octanol–water partition coefficient (Wildman–Crippen LogP) is 2.56. The molecule has 4 atom stereocenters. The molecule has 19 heavy (non-hydrogen) atoms. The van der Waals surface area contributed by atoms with Crippen LogP contribution in [0.15, 0.2) is 0 Å². The van der Waals surface area contributed by atoms with Crippen LogP contribution in [0.1, 0.15) is 39.5 Å². The largest absolute Gasteiger partial charge is 0.351 e. The van der Waals surface area contributed by atoms with Gasteiger partial charge >= 0.3 is 0 Å². The maximum Gasteiger partial charge on any atom is 0.174 e. The van der Waals surface area contributed by atoms with E-state index in [4.69, 9.17) is 14.2 Å². The number of hydrogen-bond acceptors (Lipinski definition) is 3. The summed E-state index contributed by atoms with van der Waals surface area (Å²) in [7, 11) is 0. The van der Waals surface area contributed by atoms with Crippen molar-refractivity contribution in [1.29, 1.82) is 0 Å². The zero-order valence-electron chi connectivity index (χ0n) is 11.8. The van der Waals surface area contributed by atoms with Gasteiger partial charge in [0.15, 0.2) is 12.6 Å². The third-order valence-electron chi connectivity index (χ3n) is 3.47. The molecule has 0 aliphatic carbocycles. The third kappa shape index (κ3) is 3.98. The van der Waals surface area contributed by atoms with Crippen LogP contribution in [-0.2, 0) is 14.2 Å². The third-order valence-corrected chi connectivity index (χ3v) is 3.47. The first-order chi connectivity index (χ1) is 9.35. The molecule has 0 saturated carbocycles. The summed E-state index contributed by atoms with van der Waals surface area (Å²) in [6.07, 6.45) is 3.60. The second-order valence-electron chi connectivity index (χ2n) is 4.90. The lowest BCUT2D eigenvalue weighted by Gasteiger charge is -2.35. The molecule has 2 rings (SSSR count). The van der Waals surface area contributed by atoms with Crippen molar-refractivity contribution in [3.63, 3.8) is 0 Å². The van der Waals surface area contributed by atoms with Gasteiger partial charge in [-0.25, -0.2) is 0 Å². The molecule has 0 radical (unpaired) electrons. The molecule has 0 spiro atoms. The van der Waals surface area contributed by atoms with Gasteiger partial charge in [0.2, 0.25) is 0 Å². The summed E-state index contributed by atoms with van der Waals surface area (Å²) in [5.74, 6) is 12.6. The summed E-state index contributed by atoms with van der Waals surface area (Å²) in [5.41, 5.74) is 0. The number of hydrogen-bond donors (Lipinski definition) is 0. The Balaban J connectivity index is 1.99. The molecule has 2 fully saturated rings. The van der Waals surface area contributed by atoms with Gasteiger partial charge in [-0.3, -0.25) is 0 Å². The van der Waals surface area contributed by atoms with Gasteiger partial charge in [-0.2, -0.15) is 0 Å². The minimum atomic E-state index is -0.273. The Bertz CT molecular complexity index is 358. The molecule has 2 saturated heterocycles. The summed E-state index contributed by atoms with van der Waals surface area (Å²) in [4.78, 5) is 0. The molecule has 0 aromatic carbocycles. The first-order valence-electron chi connectivity index (χ1n) is 7.08. The summed E-state index contributed by atoms with van der Waals surface area (Å²) in [5, 5.41) is 0. The monoisotopic (exact) mass is 262 g/mol. The fourth-order valence-electron chi connectivity index (χ4n) is 2.56. The highest BCUT2D eigenvalue weighted by atomic mass is 16.8. The van der Waals surface area contributed by atoms with Gasteiger partial charge in [-0.05, 0) is 39.5 Å². The standard InChI is InChI=1S/C16H22O3/c1-3-7-13-9-5-11-17-15(13)19-16-14(8-4-2)10-6-12-18-16/h13-16H,5-6,9-12H2,1-2H3. The van der Waals surface area contributed by atoms with E-state index in [1.54, 1.807) is 0 Å². The van der Waals surface area contributed by atoms with Crippen LogP contribution in [0, 0.1) is 35.5 Å². The second-order valence-corrected chi connectivity index (χ2v) is 4.90. The van der Waals surface area contributed by atoms with E-state index in [2.05, 4.69) is 23.7 Å². The molecule has 2 heterocycles. The fourth-order valence-corrected chi connectivity index (χ4v) is 2.56. The molecule has 2 aliphatic heterocycles. The summed E-state index contributed by atoms with van der Waals surface area (Å²) in [6.45, 7) is 5.19. The van der Waals surface area contributed by atoms with Crippen molar-refractivity contribution >= 4 is 0 Å². The van der Waals surface area contributed by atoms with Crippen molar-refractivity contribution in [2.75, 3.05) is 13.2 Å². The lowest BCUT2D eigenvalue weighted by atomic mass is 9.99.